The van der Waals surface area contributed by atoms with Crippen LogP contribution in [0.4, 0.5) is 46.3 Å². The van der Waals surface area contributed by atoms with Gasteiger partial charge in [-0.2, -0.15) is 9.97 Å². The van der Waals surface area contributed by atoms with Crippen LogP contribution in [0.15, 0.2) is 58.1 Å². The van der Waals surface area contributed by atoms with E-state index in [1.807, 2.05) is 0 Å². The molecular weight excluding hydrogens is 941 g/mol. The molecule has 0 aliphatic carbocycles. The number of carbonyl (C=O) groups is 8. The molecule has 4 amide bonds. The molecule has 6 rings (SSSR count). The predicted octanol–water partition coefficient (Wildman–Crippen LogP) is -4.51. The number of hydrogen-bond donors (Lipinski definition) is 12. The number of nitrogens with one attached hydrogen (secondary N) is 8. The van der Waals surface area contributed by atoms with Gasteiger partial charge in [-0.1, -0.05) is 0 Å². The Kier molecular flexibility index (Phi) is 19.2. The molecule has 2 aromatic carbocycles. The van der Waals surface area contributed by atoms with Crippen LogP contribution in [0.1, 0.15) is 46.4 Å². The SMILES string of the molecule is Nc1nc2c(c(=O)[nH]1)N(C=O)[C@@H](CNc1ccc(C(=O)NC(CCC(=O)O)C(=O)[O-])cc1)CN2.Nc1nc2c(c(=O)[nH]1)N(C=O)[C@@H](CNc1ccc(C(=O)NC(CCC(=O)O)C(=O)[O-])cc1)CN2.[Ca+2]. The second kappa shape index (κ2) is 24.7. The molecule has 0 spiro atoms. The van der Waals surface area contributed by atoms with E-state index in [4.69, 9.17) is 21.7 Å². The average molecular weight is 985 g/mol. The second-order valence-electron chi connectivity index (χ2n) is 14.9. The smallest absolute Gasteiger partial charge is 0.548 e. The van der Waals surface area contributed by atoms with E-state index in [9.17, 15) is 58.2 Å². The minimum atomic E-state index is -1.58. The van der Waals surface area contributed by atoms with Gasteiger partial charge in [0.25, 0.3) is 22.9 Å². The molecule has 2 aliphatic rings. The third-order valence-electron chi connectivity index (χ3n) is 10.2. The molecule has 0 radical (unpaired) electrons. The predicted molar refractivity (Wildman–Crippen MR) is 242 cm³/mol. The average Bonchev–Trinajstić information content (AvgIpc) is 3.29. The van der Waals surface area contributed by atoms with Gasteiger partial charge >= 0.3 is 49.7 Å². The number of anilines is 8. The van der Waals surface area contributed by atoms with Crippen LogP contribution in [-0.2, 0) is 28.8 Å². The summed E-state index contributed by atoms with van der Waals surface area (Å²) in [6, 6.07) is 8.35. The Balaban J connectivity index is 0.000000296. The van der Waals surface area contributed by atoms with Crippen molar-refractivity contribution in [3.05, 3.63) is 80.4 Å². The van der Waals surface area contributed by atoms with Gasteiger partial charge in [0.05, 0.1) is 36.1 Å². The van der Waals surface area contributed by atoms with E-state index in [1.54, 1.807) is 24.3 Å². The molecule has 2 aliphatic heterocycles. The number of aromatic nitrogens is 4. The zero-order valence-corrected chi connectivity index (χ0v) is 38.4. The number of aliphatic carboxylic acids is 4. The fraction of sp³-hybridized carbons (Fsp3) is 0.300. The molecule has 2 unspecified atom stereocenters. The number of carbonyl (C=O) groups excluding carboxylic acids is 6. The maximum atomic E-state index is 12.3. The summed E-state index contributed by atoms with van der Waals surface area (Å²) < 4.78 is 0. The van der Waals surface area contributed by atoms with E-state index in [1.165, 1.54) is 34.1 Å². The van der Waals surface area contributed by atoms with Gasteiger partial charge in [0.1, 0.15) is 0 Å². The van der Waals surface area contributed by atoms with Crippen LogP contribution in [0.5, 0.6) is 0 Å². The number of nitrogens with zero attached hydrogens (tertiary/aromatic N) is 4. The third kappa shape index (κ3) is 14.5. The fourth-order valence-corrected chi connectivity index (χ4v) is 6.77. The van der Waals surface area contributed by atoms with Crippen molar-refractivity contribution in [1.29, 1.82) is 0 Å². The van der Waals surface area contributed by atoms with Crippen molar-refractivity contribution >= 4 is 133 Å². The Morgan fingerprint density at radius 3 is 1.32 bits per heavy atom. The summed E-state index contributed by atoms with van der Waals surface area (Å²) in [7, 11) is 0. The first-order valence-corrected chi connectivity index (χ1v) is 20.3. The molecule has 14 N–H and O–H groups in total. The molecule has 29 heteroatoms. The molecule has 0 fully saturated rings. The van der Waals surface area contributed by atoms with Gasteiger partial charge in [-0.05, 0) is 61.4 Å². The molecule has 4 aromatic rings. The van der Waals surface area contributed by atoms with Gasteiger partial charge in [0.15, 0.2) is 23.0 Å². The molecular formula is C40H44CaN14O14. The first-order valence-electron chi connectivity index (χ1n) is 20.3. The van der Waals surface area contributed by atoms with E-state index >= 15 is 0 Å². The number of amides is 4. The summed E-state index contributed by atoms with van der Waals surface area (Å²) >= 11 is 0. The molecule has 4 heterocycles. The van der Waals surface area contributed by atoms with Crippen LogP contribution in [0.2, 0.25) is 0 Å². The maximum Gasteiger partial charge on any atom is 2.00 e. The summed E-state index contributed by atoms with van der Waals surface area (Å²) in [5.74, 6) is -6.66. The standard InChI is InChI=1S/2C20H23N7O7.Ca/c2*21-20-25-16-15(18(32)26-20)27(9-28)12(8-23-16)7-22-11-3-1-10(2-4-11)17(31)24-13(19(33)34)5-6-14(29)30;/h2*1-4,9,12-13,22H,5-8H2,(H,24,31)(H,29,30)(H,33,34)(H4,21,23,25,26,32);/q;;+2/p-2/t2*12-,13?;/m00./s1. The number of hydrogen-bond acceptors (Lipinski definition) is 20. The van der Waals surface area contributed by atoms with E-state index in [-0.39, 0.29) is 110 Å². The minimum Gasteiger partial charge on any atom is -0.548 e. The molecule has 0 bridgehead atoms. The van der Waals surface area contributed by atoms with Gasteiger partial charge in [-0.3, -0.25) is 48.3 Å². The van der Waals surface area contributed by atoms with Crippen molar-refractivity contribution in [2.75, 3.05) is 68.7 Å². The summed E-state index contributed by atoms with van der Waals surface area (Å²) in [6.45, 7) is 1.11. The molecule has 0 saturated carbocycles. The van der Waals surface area contributed by atoms with Crippen molar-refractivity contribution < 1.29 is 58.8 Å². The Morgan fingerprint density at radius 1 is 0.667 bits per heavy atom. The van der Waals surface area contributed by atoms with Crippen molar-refractivity contribution in [1.82, 2.24) is 30.6 Å². The number of carboxylic acids is 4. The Labute approximate surface area is 418 Å². The van der Waals surface area contributed by atoms with Gasteiger partial charge in [0, 0.05) is 61.5 Å². The second-order valence-corrected chi connectivity index (χ2v) is 14.9. The Hall–Kier alpha value is -7.98. The number of rotatable bonds is 20. The first kappa shape index (κ1) is 53.6. The minimum absolute atomic E-state index is 0. The van der Waals surface area contributed by atoms with Gasteiger partial charge in [-0.15, -0.1) is 0 Å². The van der Waals surface area contributed by atoms with Gasteiger partial charge < -0.3 is 83.2 Å². The van der Waals surface area contributed by atoms with Crippen LogP contribution in [0, 0.1) is 0 Å². The van der Waals surface area contributed by atoms with Gasteiger partial charge in [-0.25, -0.2) is 0 Å². The first-order chi connectivity index (χ1) is 32.4. The molecule has 360 valence electrons. The van der Waals surface area contributed by atoms with Crippen molar-refractivity contribution in [3.63, 3.8) is 0 Å². The van der Waals surface area contributed by atoms with E-state index < -0.39 is 83.8 Å². The number of nitrogens with two attached hydrogens (primary N) is 2. The number of fused-ring (bicyclic) bond motifs is 2. The number of carboxylic acid groups (broad SMARTS) is 4. The van der Waals surface area contributed by atoms with Crippen LogP contribution >= 0.6 is 0 Å². The monoisotopic (exact) mass is 984 g/mol. The third-order valence-corrected chi connectivity index (χ3v) is 10.2. The Morgan fingerprint density at radius 2 is 1.01 bits per heavy atom. The number of nitrogen functional groups attached to an aromatic ring is 2. The van der Waals surface area contributed by atoms with E-state index in [2.05, 4.69) is 51.8 Å². The van der Waals surface area contributed by atoms with Crippen LogP contribution in [0.3, 0.4) is 0 Å². The fourth-order valence-electron chi connectivity index (χ4n) is 6.77. The van der Waals surface area contributed by atoms with Crippen molar-refractivity contribution in [2.45, 2.75) is 49.9 Å². The number of benzene rings is 2. The molecule has 28 nitrogen and oxygen atoms in total. The number of aromatic amines is 2. The van der Waals surface area contributed by atoms with Crippen molar-refractivity contribution in [2.24, 2.45) is 0 Å². The summed E-state index contributed by atoms with van der Waals surface area (Å²) in [4.78, 5) is 131. The summed E-state index contributed by atoms with van der Waals surface area (Å²) in [5.41, 5.74) is 11.6. The zero-order chi connectivity index (χ0) is 49.7. The number of H-pyrrole nitrogens is 2. The van der Waals surface area contributed by atoms with E-state index in [0.717, 1.165) is 0 Å². The van der Waals surface area contributed by atoms with Gasteiger partial charge in [0.2, 0.25) is 24.7 Å². The normalized spacial score (nSPS) is 15.2. The maximum absolute atomic E-state index is 12.3. The zero-order valence-electron chi connectivity index (χ0n) is 36.2. The molecule has 0 saturated heterocycles. The van der Waals surface area contributed by atoms with E-state index in [0.29, 0.717) is 37.3 Å². The van der Waals surface area contributed by atoms with Crippen molar-refractivity contribution in [3.8, 4) is 0 Å². The van der Waals surface area contributed by atoms with Crippen LogP contribution < -0.4 is 74.5 Å². The quantitative estimate of drug-likeness (QED) is 0.0293. The molecule has 69 heavy (non-hydrogen) atoms. The Bertz CT molecular complexity index is 2490. The molecule has 2 aromatic heterocycles. The van der Waals surface area contributed by atoms with Crippen LogP contribution in [0.25, 0.3) is 0 Å². The largest absolute Gasteiger partial charge is 2.00 e. The summed E-state index contributed by atoms with van der Waals surface area (Å²) in [5, 5.41) is 56.3. The summed E-state index contributed by atoms with van der Waals surface area (Å²) in [6.07, 6.45) is -0.417. The van der Waals surface area contributed by atoms with Crippen LogP contribution in [-0.4, -0.2) is 167 Å². The topological polar surface area (TPSA) is 445 Å². The molecule has 4 atom stereocenters.